The number of aromatic nitrogens is 1. The highest BCUT2D eigenvalue weighted by molar-refractivity contribution is 5.90. The van der Waals surface area contributed by atoms with Gasteiger partial charge in [-0.25, -0.2) is 4.79 Å². The summed E-state index contributed by atoms with van der Waals surface area (Å²) in [6.07, 6.45) is 8.76. The number of ether oxygens (including phenoxy) is 3. The first-order valence-corrected chi connectivity index (χ1v) is 9.77. The maximum atomic E-state index is 12.3. The van der Waals surface area contributed by atoms with Crippen LogP contribution in [0.2, 0.25) is 0 Å². The molecule has 1 aromatic heterocycles. The first kappa shape index (κ1) is 18.4. The molecule has 4 aliphatic rings. The van der Waals surface area contributed by atoms with Gasteiger partial charge in [0.1, 0.15) is 0 Å². The zero-order valence-electron chi connectivity index (χ0n) is 16.3. The molecule has 3 aliphatic heterocycles. The summed E-state index contributed by atoms with van der Waals surface area (Å²) in [5.41, 5.74) is 1.62. The molecular weight excluding hydrogens is 372 g/mol. The van der Waals surface area contributed by atoms with Crippen LogP contribution >= 0.6 is 0 Å². The number of rotatable bonds is 3. The van der Waals surface area contributed by atoms with E-state index >= 15 is 0 Å². The molecule has 4 atom stereocenters. The third kappa shape index (κ3) is 2.71. The van der Waals surface area contributed by atoms with Crippen LogP contribution in [-0.2, 0) is 19.0 Å². The van der Waals surface area contributed by atoms with Crippen LogP contribution in [0.1, 0.15) is 24.8 Å². The Kier molecular flexibility index (Phi) is 4.24. The molecule has 0 N–H and O–H groups in total. The lowest BCUT2D eigenvalue weighted by atomic mass is 9.77. The maximum Gasteiger partial charge on any atom is 0.332 e. The van der Waals surface area contributed by atoms with Gasteiger partial charge in [0.05, 0.1) is 17.6 Å². The molecular formula is C22H22N2O5. The summed E-state index contributed by atoms with van der Waals surface area (Å²) in [7, 11) is 3.30. The van der Waals surface area contributed by atoms with Crippen molar-refractivity contribution in [2.45, 2.75) is 49.3 Å². The van der Waals surface area contributed by atoms with Crippen LogP contribution in [0.3, 0.4) is 0 Å². The first-order valence-electron chi connectivity index (χ1n) is 9.77. The molecule has 0 amide bonds. The number of methoxy groups -OCH3 is 2. The van der Waals surface area contributed by atoms with Gasteiger partial charge in [-0.3, -0.25) is 4.90 Å². The summed E-state index contributed by atoms with van der Waals surface area (Å²) in [4.78, 5) is 14.7. The normalized spacial score (nSPS) is 32.2. The number of carbonyl (C=O) groups is 1. The van der Waals surface area contributed by atoms with Crippen molar-refractivity contribution in [1.82, 2.24) is 4.90 Å². The molecule has 0 aromatic carbocycles. The molecule has 7 nitrogen and oxygen atoms in total. The smallest absolute Gasteiger partial charge is 0.332 e. The minimum atomic E-state index is -0.656. The van der Waals surface area contributed by atoms with Gasteiger partial charge in [-0.15, -0.1) is 0 Å². The van der Waals surface area contributed by atoms with Gasteiger partial charge >= 0.3 is 5.97 Å². The van der Waals surface area contributed by atoms with E-state index in [1.807, 2.05) is 0 Å². The van der Waals surface area contributed by atoms with Gasteiger partial charge in [0, 0.05) is 50.0 Å². The molecule has 1 spiro atoms. The molecule has 1 aliphatic carbocycles. The Morgan fingerprint density at radius 1 is 1.34 bits per heavy atom. The zero-order chi connectivity index (χ0) is 20.2. The molecule has 0 saturated carbocycles. The van der Waals surface area contributed by atoms with Crippen LogP contribution in [0.5, 0.6) is 0 Å². The van der Waals surface area contributed by atoms with Gasteiger partial charge in [0.2, 0.25) is 0 Å². The molecule has 5 rings (SSSR count). The number of nitrogens with zero attached hydrogens (tertiary/aromatic N) is 2. The lowest BCUT2D eigenvalue weighted by Gasteiger charge is -2.33. The zero-order valence-corrected chi connectivity index (χ0v) is 16.3. The van der Waals surface area contributed by atoms with Crippen molar-refractivity contribution in [1.29, 1.82) is 0 Å². The van der Waals surface area contributed by atoms with Crippen molar-refractivity contribution in [3.05, 3.63) is 58.6 Å². The predicted octanol–water partition coefficient (Wildman–Crippen LogP) is 1.06. The van der Waals surface area contributed by atoms with Crippen LogP contribution in [0.15, 0.2) is 47.8 Å². The second kappa shape index (κ2) is 6.70. The highest BCUT2D eigenvalue weighted by Gasteiger charge is 2.65. The van der Waals surface area contributed by atoms with E-state index in [1.54, 1.807) is 32.4 Å². The average molecular weight is 394 g/mol. The largest absolute Gasteiger partial charge is 0.619 e. The summed E-state index contributed by atoms with van der Waals surface area (Å²) in [5.74, 6) is 5.92. The van der Waals surface area contributed by atoms with E-state index in [-0.39, 0.29) is 30.4 Å². The lowest BCUT2D eigenvalue weighted by molar-refractivity contribution is -0.605. The van der Waals surface area contributed by atoms with Crippen LogP contribution in [0, 0.1) is 17.0 Å². The summed E-state index contributed by atoms with van der Waals surface area (Å²) in [6.45, 7) is 0. The second-order valence-corrected chi connectivity index (χ2v) is 7.87. The quantitative estimate of drug-likeness (QED) is 0.251. The molecule has 0 radical (unpaired) electrons. The Morgan fingerprint density at radius 3 is 2.93 bits per heavy atom. The number of esters is 1. The Balaban J connectivity index is 1.55. The SMILES string of the molecule is COC(OC)[C@H]1CC[C@H]2N1[C@@H]1C=C(C#Cc3ccc[n+]([O-])c3)C3=CC(=O)O[C@@]32C1. The molecule has 2 saturated heterocycles. The Bertz CT molecular complexity index is 986. The van der Waals surface area contributed by atoms with E-state index in [0.29, 0.717) is 5.56 Å². The van der Waals surface area contributed by atoms with E-state index in [4.69, 9.17) is 14.2 Å². The molecule has 2 bridgehead atoms. The van der Waals surface area contributed by atoms with E-state index < -0.39 is 5.60 Å². The van der Waals surface area contributed by atoms with E-state index in [0.717, 1.165) is 35.1 Å². The Labute approximate surface area is 169 Å². The second-order valence-electron chi connectivity index (χ2n) is 7.87. The van der Waals surface area contributed by atoms with Crippen molar-refractivity contribution in [2.24, 2.45) is 0 Å². The fourth-order valence-corrected chi connectivity index (χ4v) is 5.46. The van der Waals surface area contributed by atoms with Gasteiger partial charge in [0.25, 0.3) is 0 Å². The van der Waals surface area contributed by atoms with Crippen LogP contribution in [0.25, 0.3) is 0 Å². The van der Waals surface area contributed by atoms with Crippen molar-refractivity contribution < 1.29 is 23.7 Å². The van der Waals surface area contributed by atoms with Crippen molar-refractivity contribution in [3.8, 4) is 11.8 Å². The summed E-state index contributed by atoms with van der Waals surface area (Å²) in [5, 5.41) is 11.5. The van der Waals surface area contributed by atoms with Crippen LogP contribution in [0.4, 0.5) is 0 Å². The highest BCUT2D eigenvalue weighted by atomic mass is 16.7. The van der Waals surface area contributed by atoms with Gasteiger partial charge in [-0.05, 0) is 18.9 Å². The number of hydrogen-bond acceptors (Lipinski definition) is 6. The summed E-state index contributed by atoms with van der Waals surface area (Å²) in [6, 6.07) is 3.72. The number of hydrogen-bond donors (Lipinski definition) is 0. The summed E-state index contributed by atoms with van der Waals surface area (Å²) < 4.78 is 17.8. The Hall–Kier alpha value is -2.66. The fourth-order valence-electron chi connectivity index (χ4n) is 5.46. The summed E-state index contributed by atoms with van der Waals surface area (Å²) >= 11 is 0. The van der Waals surface area contributed by atoms with Gasteiger partial charge in [-0.1, -0.05) is 17.9 Å². The van der Waals surface area contributed by atoms with Gasteiger partial charge in [0.15, 0.2) is 24.3 Å². The lowest BCUT2D eigenvalue weighted by Crippen LogP contribution is -2.48. The van der Waals surface area contributed by atoms with E-state index in [1.165, 1.54) is 12.4 Å². The molecule has 1 aromatic rings. The standard InChI is InChI=1S/C22H22N2O5/c1-27-21(28-2)18-7-8-19-22-12-16(24(18)19)10-15(17(22)11-20(25)29-22)6-5-14-4-3-9-23(26)13-14/h3-4,9-11,13,16,18-19,21H,7-8,12H2,1-2H3/t16-,18-,19-,22+/m1/s1. The molecule has 4 heterocycles. The minimum absolute atomic E-state index is 0.0825. The molecule has 0 unspecified atom stereocenters. The van der Waals surface area contributed by atoms with E-state index in [9.17, 15) is 10.0 Å². The van der Waals surface area contributed by atoms with Crippen LogP contribution in [-0.4, -0.2) is 55.1 Å². The maximum absolute atomic E-state index is 12.3. The monoisotopic (exact) mass is 394 g/mol. The van der Waals surface area contributed by atoms with Crippen molar-refractivity contribution >= 4 is 5.97 Å². The number of pyridine rings is 1. The van der Waals surface area contributed by atoms with Gasteiger partial charge in [-0.2, -0.15) is 4.73 Å². The van der Waals surface area contributed by atoms with Gasteiger partial charge < -0.3 is 19.4 Å². The van der Waals surface area contributed by atoms with Crippen molar-refractivity contribution in [3.63, 3.8) is 0 Å². The van der Waals surface area contributed by atoms with Crippen LogP contribution < -0.4 is 4.73 Å². The molecule has 29 heavy (non-hydrogen) atoms. The fraction of sp³-hybridized carbons (Fsp3) is 0.455. The minimum Gasteiger partial charge on any atom is -0.619 e. The topological polar surface area (TPSA) is 74.9 Å². The third-order valence-electron chi connectivity index (χ3n) is 6.46. The average Bonchev–Trinajstić information content (AvgIpc) is 3.35. The molecule has 7 heteroatoms. The molecule has 2 fully saturated rings. The highest BCUT2D eigenvalue weighted by Crippen LogP contribution is 2.56. The van der Waals surface area contributed by atoms with E-state index in [2.05, 4.69) is 22.8 Å². The Morgan fingerprint density at radius 2 is 2.17 bits per heavy atom. The molecule has 150 valence electrons. The number of carbonyl (C=O) groups excluding carboxylic acids is 1. The third-order valence-corrected chi connectivity index (χ3v) is 6.46. The number of fused-ring (bicyclic) bond motifs is 3. The van der Waals surface area contributed by atoms with Crippen molar-refractivity contribution in [2.75, 3.05) is 14.2 Å². The predicted molar refractivity (Wildman–Crippen MR) is 102 cm³/mol. The first-order chi connectivity index (χ1) is 14.1.